The van der Waals surface area contributed by atoms with E-state index in [-0.39, 0.29) is 13.0 Å². The summed E-state index contributed by atoms with van der Waals surface area (Å²) in [4.78, 5) is 43.7. The maximum atomic E-state index is 13.5. The molecule has 2 amide bonds. The highest BCUT2D eigenvalue weighted by Gasteiger charge is 2.46. The molecule has 1 aliphatic heterocycles. The Labute approximate surface area is 199 Å². The van der Waals surface area contributed by atoms with Crippen molar-refractivity contribution in [3.63, 3.8) is 0 Å². The van der Waals surface area contributed by atoms with Crippen molar-refractivity contribution in [3.8, 4) is 5.88 Å². The van der Waals surface area contributed by atoms with Crippen LogP contribution < -0.4 is 10.1 Å². The molecule has 9 nitrogen and oxygen atoms in total. The molecule has 0 radical (unpaired) electrons. The maximum absolute atomic E-state index is 13.5. The van der Waals surface area contributed by atoms with E-state index in [1.54, 1.807) is 47.6 Å². The van der Waals surface area contributed by atoms with Gasteiger partial charge in [-0.15, -0.1) is 0 Å². The van der Waals surface area contributed by atoms with Gasteiger partial charge in [-0.3, -0.25) is 4.79 Å². The number of carbonyl (C=O) groups excluding carboxylic acids is 2. The Morgan fingerprint density at radius 3 is 2.38 bits per heavy atom. The van der Waals surface area contributed by atoms with Crippen molar-refractivity contribution in [3.05, 3.63) is 36.4 Å². The van der Waals surface area contributed by atoms with Crippen LogP contribution in [-0.4, -0.2) is 63.3 Å². The van der Waals surface area contributed by atoms with Crippen molar-refractivity contribution in [1.82, 2.24) is 15.2 Å². The molecule has 1 fully saturated rings. The van der Waals surface area contributed by atoms with Gasteiger partial charge in [-0.2, -0.15) is 0 Å². The number of para-hydroxylation sites is 1. The molecule has 1 aromatic carbocycles. The second kappa shape index (κ2) is 9.48. The number of carboxylic acids is 1. The molecular weight excluding hydrogens is 438 g/mol. The summed E-state index contributed by atoms with van der Waals surface area (Å²) in [7, 11) is 0. The van der Waals surface area contributed by atoms with Crippen molar-refractivity contribution < 1.29 is 29.0 Å². The fourth-order valence-corrected chi connectivity index (χ4v) is 3.88. The molecule has 2 aromatic rings. The zero-order valence-electron chi connectivity index (χ0n) is 20.5. The molecule has 0 spiro atoms. The summed E-state index contributed by atoms with van der Waals surface area (Å²) in [6.07, 6.45) is -1.18. The first-order valence-electron chi connectivity index (χ1n) is 11.3. The lowest BCUT2D eigenvalue weighted by atomic mass is 9.85. The molecule has 3 rings (SSSR count). The van der Waals surface area contributed by atoms with Gasteiger partial charge in [0, 0.05) is 17.9 Å². The average Bonchev–Trinajstić information content (AvgIpc) is 3.13. The molecular formula is C25H33N3O6. The molecule has 9 heteroatoms. The number of ether oxygens (including phenoxy) is 2. The highest BCUT2D eigenvalue weighted by atomic mass is 16.6. The lowest BCUT2D eigenvalue weighted by Crippen LogP contribution is -2.57. The predicted octanol–water partition coefficient (Wildman–Crippen LogP) is 3.61. The second-order valence-corrected chi connectivity index (χ2v) is 10.6. The fraction of sp³-hybridized carbons (Fsp3) is 0.520. The van der Waals surface area contributed by atoms with Gasteiger partial charge < -0.3 is 24.8 Å². The largest absolute Gasteiger partial charge is 0.480 e. The molecule has 1 saturated heterocycles. The van der Waals surface area contributed by atoms with Gasteiger partial charge in [-0.25, -0.2) is 14.6 Å². The number of carboxylic acid groups (broad SMARTS) is 1. The summed E-state index contributed by atoms with van der Waals surface area (Å²) in [5.41, 5.74) is -0.663. The van der Waals surface area contributed by atoms with E-state index in [9.17, 15) is 19.5 Å². The lowest BCUT2D eigenvalue weighted by molar-refractivity contribution is -0.150. The van der Waals surface area contributed by atoms with E-state index in [1.165, 1.54) is 4.90 Å². The van der Waals surface area contributed by atoms with Crippen LogP contribution in [0.3, 0.4) is 0 Å². The Kier molecular flexibility index (Phi) is 7.05. The van der Waals surface area contributed by atoms with Gasteiger partial charge in [0.1, 0.15) is 23.8 Å². The van der Waals surface area contributed by atoms with Crippen LogP contribution in [0.4, 0.5) is 4.79 Å². The number of likely N-dealkylation sites (tertiary alicyclic amines) is 1. The Morgan fingerprint density at radius 1 is 1.09 bits per heavy atom. The number of aromatic nitrogens is 1. The number of aliphatic carboxylic acids is 1. The first-order chi connectivity index (χ1) is 15.7. The first-order valence-corrected chi connectivity index (χ1v) is 11.3. The summed E-state index contributed by atoms with van der Waals surface area (Å²) in [5, 5.41) is 13.4. The van der Waals surface area contributed by atoms with Gasteiger partial charge in [0.05, 0.1) is 12.1 Å². The molecule has 2 N–H and O–H groups in total. The molecule has 1 aromatic heterocycles. The summed E-state index contributed by atoms with van der Waals surface area (Å²) >= 11 is 0. The smallest absolute Gasteiger partial charge is 0.408 e. The minimum absolute atomic E-state index is 0.0624. The molecule has 184 valence electrons. The van der Waals surface area contributed by atoms with Crippen molar-refractivity contribution >= 4 is 28.9 Å². The topological polar surface area (TPSA) is 118 Å². The number of alkyl carbamates (subject to hydrolysis) is 1. The number of nitrogens with zero attached hydrogens (tertiary/aromatic N) is 2. The van der Waals surface area contributed by atoms with Crippen LogP contribution in [0, 0.1) is 5.41 Å². The summed E-state index contributed by atoms with van der Waals surface area (Å²) < 4.78 is 11.3. The summed E-state index contributed by atoms with van der Waals surface area (Å²) in [5.74, 6) is -1.26. The molecule has 0 aliphatic carbocycles. The van der Waals surface area contributed by atoms with Crippen LogP contribution in [-0.2, 0) is 14.3 Å². The van der Waals surface area contributed by atoms with E-state index < -0.39 is 47.2 Å². The number of fused-ring (bicyclic) bond motifs is 1. The number of carbonyl (C=O) groups is 3. The van der Waals surface area contributed by atoms with Crippen LogP contribution in [0.5, 0.6) is 5.88 Å². The molecule has 3 atom stereocenters. The first kappa shape index (κ1) is 25.3. The van der Waals surface area contributed by atoms with Crippen molar-refractivity contribution in [2.24, 2.45) is 5.41 Å². The van der Waals surface area contributed by atoms with Crippen molar-refractivity contribution in [2.75, 3.05) is 6.54 Å². The Morgan fingerprint density at radius 2 is 1.76 bits per heavy atom. The molecule has 0 unspecified atom stereocenters. The Bertz CT molecular complexity index is 1070. The molecule has 2 heterocycles. The number of amides is 2. The van der Waals surface area contributed by atoms with E-state index in [2.05, 4.69) is 10.3 Å². The van der Waals surface area contributed by atoms with E-state index in [4.69, 9.17) is 9.47 Å². The van der Waals surface area contributed by atoms with Gasteiger partial charge >= 0.3 is 12.1 Å². The van der Waals surface area contributed by atoms with E-state index in [1.807, 2.05) is 30.3 Å². The van der Waals surface area contributed by atoms with Gasteiger partial charge in [-0.05, 0) is 38.3 Å². The summed E-state index contributed by atoms with van der Waals surface area (Å²) in [6, 6.07) is 9.13. The van der Waals surface area contributed by atoms with E-state index in [0.29, 0.717) is 5.88 Å². The van der Waals surface area contributed by atoms with Crippen LogP contribution in [0.1, 0.15) is 48.0 Å². The van der Waals surface area contributed by atoms with E-state index in [0.717, 1.165) is 10.9 Å². The number of pyridine rings is 1. The van der Waals surface area contributed by atoms with Crippen LogP contribution >= 0.6 is 0 Å². The lowest BCUT2D eigenvalue weighted by Gasteiger charge is -2.35. The van der Waals surface area contributed by atoms with Gasteiger partial charge in [-0.1, -0.05) is 39.0 Å². The van der Waals surface area contributed by atoms with Crippen LogP contribution in [0.15, 0.2) is 36.4 Å². The highest BCUT2D eigenvalue weighted by Crippen LogP contribution is 2.28. The normalized spacial score (nSPS) is 19.5. The molecule has 0 saturated carbocycles. The average molecular weight is 472 g/mol. The zero-order chi connectivity index (χ0) is 25.3. The third kappa shape index (κ3) is 6.15. The van der Waals surface area contributed by atoms with Crippen molar-refractivity contribution in [2.45, 2.75) is 71.8 Å². The third-order valence-electron chi connectivity index (χ3n) is 5.47. The minimum Gasteiger partial charge on any atom is -0.480 e. The fourth-order valence-electron chi connectivity index (χ4n) is 3.88. The standard InChI is InChI=1S/C25H33N3O6/c1-24(2,3)20(27-23(32)34-25(4,5)6)21(29)28-14-16(13-18(28)22(30)31)33-19-12-11-15-9-7-8-10-17(15)26-19/h7-12,16,18,20H,13-14H2,1-6H3,(H,27,32)(H,30,31)/t16-,18+,20-/m1/s1. The van der Waals surface area contributed by atoms with Crippen LogP contribution in [0.25, 0.3) is 10.9 Å². The van der Waals surface area contributed by atoms with Gasteiger partial charge in [0.25, 0.3) is 0 Å². The molecule has 34 heavy (non-hydrogen) atoms. The Hall–Kier alpha value is -3.36. The Balaban J connectivity index is 1.78. The maximum Gasteiger partial charge on any atom is 0.408 e. The summed E-state index contributed by atoms with van der Waals surface area (Å²) in [6.45, 7) is 10.6. The number of nitrogens with one attached hydrogen (secondary N) is 1. The second-order valence-electron chi connectivity index (χ2n) is 10.6. The highest BCUT2D eigenvalue weighted by molar-refractivity contribution is 5.90. The molecule has 0 bridgehead atoms. The predicted molar refractivity (Wildman–Crippen MR) is 127 cm³/mol. The van der Waals surface area contributed by atoms with E-state index >= 15 is 0 Å². The minimum atomic E-state index is -1.13. The van der Waals surface area contributed by atoms with Gasteiger partial charge in [0.2, 0.25) is 11.8 Å². The zero-order valence-corrected chi connectivity index (χ0v) is 20.5. The molecule has 1 aliphatic rings. The van der Waals surface area contributed by atoms with Gasteiger partial charge in [0.15, 0.2) is 0 Å². The number of hydrogen-bond acceptors (Lipinski definition) is 6. The van der Waals surface area contributed by atoms with Crippen molar-refractivity contribution in [1.29, 1.82) is 0 Å². The number of hydrogen-bond donors (Lipinski definition) is 2. The van der Waals surface area contributed by atoms with Crippen LogP contribution in [0.2, 0.25) is 0 Å². The third-order valence-corrected chi connectivity index (χ3v) is 5.47. The number of benzene rings is 1. The SMILES string of the molecule is CC(C)(C)OC(=O)N[C@H](C(=O)N1C[C@H](Oc2ccc3ccccc3n2)C[C@H]1C(=O)O)C(C)(C)C. The quantitative estimate of drug-likeness (QED) is 0.684. The number of rotatable bonds is 5. The monoisotopic (exact) mass is 471 g/mol.